The Balaban J connectivity index is 3.39. The molecule has 0 saturated heterocycles. The highest BCUT2D eigenvalue weighted by Gasteiger charge is 2.20. The van der Waals surface area contributed by atoms with Crippen molar-refractivity contribution in [3.05, 3.63) is 12.7 Å². The van der Waals surface area contributed by atoms with Gasteiger partial charge in [0.05, 0.1) is 5.60 Å². The molecule has 0 amide bonds. The number of likely N-dealkylation sites (N-methyl/N-ethyl adjacent to an activating group) is 1. The Morgan fingerprint density at radius 1 is 1.31 bits per heavy atom. The molecule has 0 aromatic heterocycles. The second-order valence-electron chi connectivity index (χ2n) is 5.05. The van der Waals surface area contributed by atoms with Crippen LogP contribution in [0, 0.1) is 0 Å². The molecule has 2 N–H and O–H groups in total. The smallest absolute Gasteiger partial charge is 0.0869 e. The minimum atomic E-state index is -0.634. The van der Waals surface area contributed by atoms with Gasteiger partial charge in [0.1, 0.15) is 0 Å². The summed E-state index contributed by atoms with van der Waals surface area (Å²) in [5, 5.41) is 13.3. The monoisotopic (exact) mass is 228 g/mol. The normalized spacial score (nSPS) is 15.1. The molecule has 3 nitrogen and oxygen atoms in total. The Bertz CT molecular complexity index is 179. The molecule has 0 aromatic carbocycles. The van der Waals surface area contributed by atoms with Gasteiger partial charge in [0.15, 0.2) is 0 Å². The van der Waals surface area contributed by atoms with Crippen LogP contribution in [0.2, 0.25) is 0 Å². The fourth-order valence-corrected chi connectivity index (χ4v) is 1.81. The Kier molecular flexibility index (Phi) is 8.53. The number of allylic oxidation sites excluding steroid dienone is 1. The van der Waals surface area contributed by atoms with Crippen molar-refractivity contribution < 1.29 is 5.11 Å². The molecule has 0 aliphatic carbocycles. The zero-order valence-electron chi connectivity index (χ0n) is 11.1. The van der Waals surface area contributed by atoms with Crippen molar-refractivity contribution >= 4 is 0 Å². The third kappa shape index (κ3) is 10.1. The molecule has 0 spiro atoms. The van der Waals surface area contributed by atoms with Crippen molar-refractivity contribution in [2.24, 2.45) is 0 Å². The summed E-state index contributed by atoms with van der Waals surface area (Å²) >= 11 is 0. The summed E-state index contributed by atoms with van der Waals surface area (Å²) in [6, 6.07) is 0. The molecule has 0 heterocycles. The van der Waals surface area contributed by atoms with Gasteiger partial charge in [-0.1, -0.05) is 12.5 Å². The summed E-state index contributed by atoms with van der Waals surface area (Å²) < 4.78 is 0. The summed E-state index contributed by atoms with van der Waals surface area (Å²) in [5.74, 6) is 0. The molecule has 1 unspecified atom stereocenters. The van der Waals surface area contributed by atoms with Gasteiger partial charge in [-0.05, 0) is 46.8 Å². The maximum Gasteiger partial charge on any atom is 0.0869 e. The first-order valence-corrected chi connectivity index (χ1v) is 6.16. The van der Waals surface area contributed by atoms with E-state index in [2.05, 4.69) is 11.9 Å². The topological polar surface area (TPSA) is 35.5 Å². The maximum atomic E-state index is 10.0. The molecule has 96 valence electrons. The largest absolute Gasteiger partial charge is 0.388 e. The SMILES string of the molecule is C=CCCCCCNCC(C)(O)CN(C)C. The zero-order chi connectivity index (χ0) is 12.4. The molecule has 0 saturated carbocycles. The first kappa shape index (κ1) is 15.6. The van der Waals surface area contributed by atoms with Crippen LogP contribution >= 0.6 is 0 Å². The summed E-state index contributed by atoms with van der Waals surface area (Å²) in [7, 11) is 3.95. The van der Waals surface area contributed by atoms with E-state index in [0.717, 1.165) is 13.0 Å². The number of nitrogens with one attached hydrogen (secondary N) is 1. The lowest BCUT2D eigenvalue weighted by Gasteiger charge is -2.27. The number of hydrogen-bond acceptors (Lipinski definition) is 3. The highest BCUT2D eigenvalue weighted by atomic mass is 16.3. The van der Waals surface area contributed by atoms with E-state index >= 15 is 0 Å². The number of aliphatic hydroxyl groups is 1. The highest BCUT2D eigenvalue weighted by Crippen LogP contribution is 2.03. The summed E-state index contributed by atoms with van der Waals surface area (Å²) in [6.07, 6.45) is 6.70. The van der Waals surface area contributed by atoms with Crippen LogP contribution in [0.3, 0.4) is 0 Å². The molecular formula is C13H28N2O. The van der Waals surface area contributed by atoms with E-state index in [9.17, 15) is 5.11 Å². The summed E-state index contributed by atoms with van der Waals surface area (Å²) in [5.41, 5.74) is -0.634. The maximum absolute atomic E-state index is 10.0. The summed E-state index contributed by atoms with van der Waals surface area (Å²) in [4.78, 5) is 2.01. The van der Waals surface area contributed by atoms with E-state index < -0.39 is 5.60 Å². The van der Waals surface area contributed by atoms with Gasteiger partial charge < -0.3 is 15.3 Å². The second-order valence-corrected chi connectivity index (χ2v) is 5.05. The molecule has 0 aromatic rings. The molecule has 0 aliphatic rings. The Morgan fingerprint density at radius 3 is 2.56 bits per heavy atom. The van der Waals surface area contributed by atoms with Crippen LogP contribution in [0.25, 0.3) is 0 Å². The van der Waals surface area contributed by atoms with Crippen molar-refractivity contribution in [2.45, 2.75) is 38.2 Å². The van der Waals surface area contributed by atoms with Gasteiger partial charge in [-0.3, -0.25) is 0 Å². The Hall–Kier alpha value is -0.380. The lowest BCUT2D eigenvalue weighted by molar-refractivity contribution is 0.0339. The first-order valence-electron chi connectivity index (χ1n) is 6.16. The molecule has 0 radical (unpaired) electrons. The lowest BCUT2D eigenvalue weighted by Crippen LogP contribution is -2.45. The lowest BCUT2D eigenvalue weighted by atomic mass is 10.1. The van der Waals surface area contributed by atoms with Crippen molar-refractivity contribution in [2.75, 3.05) is 33.7 Å². The standard InChI is InChI=1S/C13H28N2O/c1-5-6-7-8-9-10-14-11-13(2,16)12-15(3)4/h5,14,16H,1,6-12H2,2-4H3. The number of hydrogen-bond donors (Lipinski definition) is 2. The third-order valence-electron chi connectivity index (χ3n) is 2.42. The van der Waals surface area contributed by atoms with Crippen LogP contribution in [0.4, 0.5) is 0 Å². The number of nitrogens with zero attached hydrogens (tertiary/aromatic N) is 1. The van der Waals surface area contributed by atoms with E-state index in [1.54, 1.807) is 0 Å². The van der Waals surface area contributed by atoms with Crippen molar-refractivity contribution in [3.8, 4) is 0 Å². The van der Waals surface area contributed by atoms with Crippen LogP contribution < -0.4 is 5.32 Å². The number of unbranched alkanes of at least 4 members (excludes halogenated alkanes) is 3. The number of rotatable bonds is 10. The van der Waals surface area contributed by atoms with Crippen LogP contribution in [-0.4, -0.2) is 49.3 Å². The van der Waals surface area contributed by atoms with Crippen LogP contribution in [0.15, 0.2) is 12.7 Å². The predicted molar refractivity (Wildman–Crippen MR) is 70.7 cm³/mol. The fourth-order valence-electron chi connectivity index (χ4n) is 1.81. The second kappa shape index (κ2) is 8.74. The quantitative estimate of drug-likeness (QED) is 0.441. The van der Waals surface area contributed by atoms with Gasteiger partial charge in [-0.25, -0.2) is 0 Å². The molecule has 1 atom stereocenters. The Labute approximate surface area is 101 Å². The molecule has 0 bridgehead atoms. The molecule has 3 heteroatoms. The summed E-state index contributed by atoms with van der Waals surface area (Å²) in [6.45, 7) is 7.91. The van der Waals surface area contributed by atoms with Gasteiger partial charge in [-0.2, -0.15) is 0 Å². The van der Waals surface area contributed by atoms with Gasteiger partial charge >= 0.3 is 0 Å². The zero-order valence-corrected chi connectivity index (χ0v) is 11.1. The minimum Gasteiger partial charge on any atom is -0.388 e. The average Bonchev–Trinajstić information content (AvgIpc) is 2.14. The fraction of sp³-hybridized carbons (Fsp3) is 0.846. The molecule has 0 fully saturated rings. The minimum absolute atomic E-state index is 0.634. The van der Waals surface area contributed by atoms with Crippen LogP contribution in [-0.2, 0) is 0 Å². The third-order valence-corrected chi connectivity index (χ3v) is 2.42. The van der Waals surface area contributed by atoms with E-state index in [-0.39, 0.29) is 0 Å². The molecule has 0 rings (SSSR count). The van der Waals surface area contributed by atoms with E-state index in [1.165, 1.54) is 19.3 Å². The van der Waals surface area contributed by atoms with Gasteiger partial charge in [0.2, 0.25) is 0 Å². The predicted octanol–water partition coefficient (Wildman–Crippen LogP) is 1.63. The van der Waals surface area contributed by atoms with Gasteiger partial charge in [-0.15, -0.1) is 6.58 Å². The first-order chi connectivity index (χ1) is 7.48. The van der Waals surface area contributed by atoms with Gasteiger partial charge in [0, 0.05) is 13.1 Å². The van der Waals surface area contributed by atoms with Crippen LogP contribution in [0.1, 0.15) is 32.6 Å². The highest BCUT2D eigenvalue weighted by molar-refractivity contribution is 4.77. The molecule has 0 aliphatic heterocycles. The van der Waals surface area contributed by atoms with Crippen molar-refractivity contribution in [3.63, 3.8) is 0 Å². The van der Waals surface area contributed by atoms with Crippen molar-refractivity contribution in [1.29, 1.82) is 0 Å². The van der Waals surface area contributed by atoms with Crippen LogP contribution in [0.5, 0.6) is 0 Å². The van der Waals surface area contributed by atoms with E-state index in [0.29, 0.717) is 13.1 Å². The van der Waals surface area contributed by atoms with E-state index in [1.807, 2.05) is 32.0 Å². The van der Waals surface area contributed by atoms with Gasteiger partial charge in [0.25, 0.3) is 0 Å². The van der Waals surface area contributed by atoms with E-state index in [4.69, 9.17) is 0 Å². The molecule has 16 heavy (non-hydrogen) atoms. The molecular weight excluding hydrogens is 200 g/mol. The average molecular weight is 228 g/mol. The Morgan fingerprint density at radius 2 is 2.00 bits per heavy atom. The van der Waals surface area contributed by atoms with Crippen molar-refractivity contribution in [1.82, 2.24) is 10.2 Å².